The van der Waals surface area contributed by atoms with Gasteiger partial charge >= 0.3 is 0 Å². The van der Waals surface area contributed by atoms with Crippen molar-refractivity contribution in [2.24, 2.45) is 11.8 Å². The van der Waals surface area contributed by atoms with Crippen LogP contribution in [0.2, 0.25) is 0 Å². The normalized spacial score (nSPS) is 27.0. The van der Waals surface area contributed by atoms with E-state index < -0.39 is 0 Å². The maximum atomic E-state index is 12.6. The first-order valence-electron chi connectivity index (χ1n) is 9.99. The molecule has 0 aliphatic heterocycles. The number of hydrogen-bond acceptors (Lipinski definition) is 2. The van der Waals surface area contributed by atoms with E-state index in [0.717, 1.165) is 24.6 Å². The van der Waals surface area contributed by atoms with Crippen molar-refractivity contribution in [1.29, 1.82) is 0 Å². The van der Waals surface area contributed by atoms with Crippen molar-refractivity contribution >= 4 is 5.91 Å². The Morgan fingerprint density at radius 3 is 2.69 bits per heavy atom. The van der Waals surface area contributed by atoms with Crippen molar-refractivity contribution in [1.82, 2.24) is 15.1 Å². The van der Waals surface area contributed by atoms with Crippen molar-refractivity contribution < 1.29 is 4.79 Å². The highest BCUT2D eigenvalue weighted by atomic mass is 16.1. The van der Waals surface area contributed by atoms with Gasteiger partial charge in [-0.15, -0.1) is 0 Å². The maximum Gasteiger partial charge on any atom is 0.220 e. The summed E-state index contributed by atoms with van der Waals surface area (Å²) in [6, 6.07) is 13.2. The third kappa shape index (κ3) is 3.29. The fourth-order valence-electron chi connectivity index (χ4n) is 5.17. The Kier molecular flexibility index (Phi) is 4.84. The molecular formula is C22H29N3O. The number of aryl methyl sites for hydroxylation is 3. The lowest BCUT2D eigenvalue weighted by Crippen LogP contribution is -2.56. The Morgan fingerprint density at radius 1 is 1.19 bits per heavy atom. The summed E-state index contributed by atoms with van der Waals surface area (Å²) in [6.45, 7) is 4.89. The summed E-state index contributed by atoms with van der Waals surface area (Å²) in [5.41, 5.74) is 3.60. The lowest BCUT2D eigenvalue weighted by atomic mass is 9.60. The molecular weight excluding hydrogens is 322 g/mol. The van der Waals surface area contributed by atoms with Crippen molar-refractivity contribution in [3.63, 3.8) is 0 Å². The van der Waals surface area contributed by atoms with E-state index in [9.17, 15) is 4.79 Å². The number of fused-ring (bicyclic) bond motifs is 1. The molecule has 4 rings (SSSR count). The van der Waals surface area contributed by atoms with Gasteiger partial charge in [0.2, 0.25) is 5.91 Å². The van der Waals surface area contributed by atoms with Gasteiger partial charge in [-0.1, -0.05) is 36.8 Å². The second-order valence-electron chi connectivity index (χ2n) is 8.04. The molecule has 1 aromatic heterocycles. The number of nitrogens with one attached hydrogen (secondary N) is 1. The number of nitrogens with zero attached hydrogens (tertiary/aromatic N) is 2. The summed E-state index contributed by atoms with van der Waals surface area (Å²) in [7, 11) is 0. The van der Waals surface area contributed by atoms with Crippen molar-refractivity contribution in [2.45, 2.75) is 64.5 Å². The van der Waals surface area contributed by atoms with Crippen molar-refractivity contribution in [2.75, 3.05) is 0 Å². The van der Waals surface area contributed by atoms with Crippen LogP contribution in [0.1, 0.15) is 55.0 Å². The first-order chi connectivity index (χ1) is 12.6. The van der Waals surface area contributed by atoms with E-state index >= 15 is 0 Å². The Morgan fingerprint density at radius 2 is 1.96 bits per heavy atom. The van der Waals surface area contributed by atoms with Crippen LogP contribution in [0.4, 0.5) is 0 Å². The Bertz CT molecular complexity index is 767. The fraction of sp³-hybridized carbons (Fsp3) is 0.545. The van der Waals surface area contributed by atoms with Crippen molar-refractivity contribution in [3.05, 3.63) is 53.3 Å². The summed E-state index contributed by atoms with van der Waals surface area (Å²) < 4.78 is 2.01. The number of benzene rings is 1. The van der Waals surface area contributed by atoms with Gasteiger partial charge in [0.15, 0.2) is 0 Å². The molecule has 2 aliphatic carbocycles. The summed E-state index contributed by atoms with van der Waals surface area (Å²) in [5, 5.41) is 7.85. The van der Waals surface area contributed by atoms with E-state index in [1.54, 1.807) is 0 Å². The molecule has 1 aromatic carbocycles. The molecule has 0 radical (unpaired) electrons. The molecule has 4 nitrogen and oxygen atoms in total. The molecule has 138 valence electrons. The molecule has 0 unspecified atom stereocenters. The Balaban J connectivity index is 1.33. The highest BCUT2D eigenvalue weighted by Crippen LogP contribution is 2.55. The smallest absolute Gasteiger partial charge is 0.220 e. The van der Waals surface area contributed by atoms with Gasteiger partial charge in [-0.3, -0.25) is 9.48 Å². The molecule has 1 N–H and O–H groups in total. The van der Waals surface area contributed by atoms with E-state index in [0.29, 0.717) is 24.3 Å². The monoisotopic (exact) mass is 351 g/mol. The molecule has 4 atom stereocenters. The SMILES string of the molecule is Cc1cc(C)n(CCCC(=O)N[C@@H]2[C@@H]3CCC[C@@H]3[C@H]2c2ccccc2)n1. The number of rotatable bonds is 6. The minimum atomic E-state index is 0.197. The van der Waals surface area contributed by atoms with Crippen LogP contribution >= 0.6 is 0 Å². The zero-order chi connectivity index (χ0) is 18.1. The number of carbonyl (C=O) groups excluding carboxylic acids is 1. The van der Waals surface area contributed by atoms with Crippen LogP contribution in [0.5, 0.6) is 0 Å². The highest BCUT2D eigenvalue weighted by molar-refractivity contribution is 5.76. The van der Waals surface area contributed by atoms with Crippen LogP contribution in [0.25, 0.3) is 0 Å². The number of aromatic nitrogens is 2. The first-order valence-corrected chi connectivity index (χ1v) is 9.99. The average molecular weight is 351 g/mol. The molecule has 1 amide bonds. The summed E-state index contributed by atoms with van der Waals surface area (Å²) >= 11 is 0. The topological polar surface area (TPSA) is 46.9 Å². The van der Waals surface area contributed by atoms with Crippen LogP contribution in [0, 0.1) is 25.7 Å². The third-order valence-electron chi connectivity index (χ3n) is 6.32. The lowest BCUT2D eigenvalue weighted by Gasteiger charge is -2.49. The van der Waals surface area contributed by atoms with E-state index in [-0.39, 0.29) is 5.91 Å². The molecule has 1 heterocycles. The van der Waals surface area contributed by atoms with Crippen molar-refractivity contribution in [3.8, 4) is 0 Å². The zero-order valence-corrected chi connectivity index (χ0v) is 15.8. The molecule has 0 spiro atoms. The van der Waals surface area contributed by atoms with Gasteiger partial charge in [-0.2, -0.15) is 5.10 Å². The highest BCUT2D eigenvalue weighted by Gasteiger charge is 2.53. The molecule has 0 bridgehead atoms. The quantitative estimate of drug-likeness (QED) is 0.856. The van der Waals surface area contributed by atoms with E-state index in [1.165, 1.54) is 30.5 Å². The summed E-state index contributed by atoms with van der Waals surface area (Å²) in [6.07, 6.45) is 5.31. The van der Waals surface area contributed by atoms with Gasteiger partial charge in [0.05, 0.1) is 5.69 Å². The standard InChI is InChI=1S/C22H29N3O/c1-15-14-16(2)25(24-15)13-7-12-20(26)23-22-19-11-6-10-18(19)21(22)17-8-4-3-5-9-17/h3-5,8-9,14,18-19,21-22H,6-7,10-13H2,1-2H3,(H,23,26)/t18-,19+,21+,22+/m0/s1. The minimum absolute atomic E-state index is 0.197. The predicted molar refractivity (Wildman–Crippen MR) is 103 cm³/mol. The van der Waals surface area contributed by atoms with Crippen LogP contribution in [0.15, 0.2) is 36.4 Å². The summed E-state index contributed by atoms with van der Waals surface area (Å²) in [5.74, 6) is 2.14. The van der Waals surface area contributed by atoms with Gasteiger partial charge in [-0.05, 0) is 56.6 Å². The third-order valence-corrected chi connectivity index (χ3v) is 6.32. The number of carbonyl (C=O) groups is 1. The second-order valence-corrected chi connectivity index (χ2v) is 8.04. The van der Waals surface area contributed by atoms with E-state index in [1.807, 2.05) is 11.6 Å². The summed E-state index contributed by atoms with van der Waals surface area (Å²) in [4.78, 5) is 12.6. The lowest BCUT2D eigenvalue weighted by molar-refractivity contribution is -0.124. The molecule has 2 fully saturated rings. The molecule has 2 aromatic rings. The van der Waals surface area contributed by atoms with Crippen LogP contribution in [-0.2, 0) is 11.3 Å². The second kappa shape index (κ2) is 7.26. The number of hydrogen-bond donors (Lipinski definition) is 1. The first kappa shape index (κ1) is 17.3. The largest absolute Gasteiger partial charge is 0.352 e. The zero-order valence-electron chi connectivity index (χ0n) is 15.8. The van der Waals surface area contributed by atoms with Gasteiger partial charge in [0.25, 0.3) is 0 Å². The fourth-order valence-corrected chi connectivity index (χ4v) is 5.17. The predicted octanol–water partition coefficient (Wildman–Crippen LogP) is 3.98. The van der Waals surface area contributed by atoms with Crippen LogP contribution < -0.4 is 5.32 Å². The average Bonchev–Trinajstić information content (AvgIpc) is 3.17. The number of amides is 1. The molecule has 0 saturated heterocycles. The van der Waals surface area contributed by atoms with Crippen LogP contribution in [-0.4, -0.2) is 21.7 Å². The maximum absolute atomic E-state index is 12.6. The van der Waals surface area contributed by atoms with Gasteiger partial charge in [-0.25, -0.2) is 0 Å². The molecule has 26 heavy (non-hydrogen) atoms. The Hall–Kier alpha value is -2.10. The van der Waals surface area contributed by atoms with Gasteiger partial charge < -0.3 is 5.32 Å². The van der Waals surface area contributed by atoms with Gasteiger partial charge in [0.1, 0.15) is 0 Å². The Labute approximate surface area is 156 Å². The van der Waals surface area contributed by atoms with Crippen LogP contribution in [0.3, 0.4) is 0 Å². The minimum Gasteiger partial charge on any atom is -0.352 e. The molecule has 2 aliphatic rings. The van der Waals surface area contributed by atoms with Gasteiger partial charge in [0, 0.05) is 30.6 Å². The molecule has 4 heteroatoms. The van der Waals surface area contributed by atoms with E-state index in [4.69, 9.17) is 0 Å². The molecule has 2 saturated carbocycles. The van der Waals surface area contributed by atoms with E-state index in [2.05, 4.69) is 53.7 Å².